The first-order valence-electron chi connectivity index (χ1n) is 11.9. The van der Waals surface area contributed by atoms with Gasteiger partial charge in [-0.2, -0.15) is 0 Å². The van der Waals surface area contributed by atoms with E-state index in [1.807, 2.05) is 0 Å². The monoisotopic (exact) mass is 497 g/mol. The lowest BCUT2D eigenvalue weighted by atomic mass is 9.69. The Bertz CT molecular complexity index is 1560. The molecular weight excluding hydrogens is 474 g/mol. The van der Waals surface area contributed by atoms with E-state index < -0.39 is 46.8 Å². The smallest absolute Gasteiger partial charge is 0.198 e. The molecule has 7 N–H and O–H groups in total. The molecule has 1 saturated heterocycles. The Morgan fingerprint density at radius 2 is 1.86 bits per heavy atom. The summed E-state index contributed by atoms with van der Waals surface area (Å²) in [5.74, 6) is 9.83. The molecule has 2 aromatic carbocycles. The molecule has 6 rings (SSSR count). The van der Waals surface area contributed by atoms with Crippen LogP contribution in [-0.4, -0.2) is 63.8 Å². The van der Waals surface area contributed by atoms with Gasteiger partial charge in [-0.15, -0.1) is 0 Å². The van der Waals surface area contributed by atoms with Crippen molar-refractivity contribution in [2.24, 2.45) is 5.73 Å². The first-order valence-corrected chi connectivity index (χ1v) is 11.9. The first kappa shape index (κ1) is 23.3. The van der Waals surface area contributed by atoms with Crippen molar-refractivity contribution >= 4 is 22.9 Å². The average molecular weight is 498 g/mol. The number of ketones is 2. The summed E-state index contributed by atoms with van der Waals surface area (Å²) in [6, 6.07) is 5.24. The molecule has 186 valence electrons. The van der Waals surface area contributed by atoms with E-state index in [4.69, 9.17) is 10.5 Å². The fourth-order valence-corrected chi connectivity index (χ4v) is 5.77. The third-order valence-electron chi connectivity index (χ3n) is 7.43. The van der Waals surface area contributed by atoms with E-state index in [2.05, 4.69) is 34.3 Å². The van der Waals surface area contributed by atoms with Crippen LogP contribution in [-0.2, 0) is 10.3 Å². The number of hydrogen-bond acceptors (Lipinski definition) is 9. The molecule has 9 heteroatoms. The number of benzene rings is 2. The van der Waals surface area contributed by atoms with Gasteiger partial charge in [0, 0.05) is 35.5 Å². The minimum atomic E-state index is -1.59. The number of rotatable bonds is 4. The van der Waals surface area contributed by atoms with Crippen molar-refractivity contribution in [2.75, 3.05) is 23.7 Å². The maximum absolute atomic E-state index is 13.8. The standard InChI is InChI=1S/C28H23N3O6/c1-14(32)27-20-6-4-2-3-5-7-21(34)28(27,37-27)18-13-19(33)22-23(24(18)31-20)25(35)16-9-8-15(30-11-10-29)12-17(16)26(22)36/h2-3,8-9,12-14,20-21,30-34H,10-11,29H2,1H3. The van der Waals surface area contributed by atoms with Crippen LogP contribution < -0.4 is 16.4 Å². The Labute approximate surface area is 212 Å². The largest absolute Gasteiger partial charge is 0.507 e. The molecule has 2 aromatic rings. The van der Waals surface area contributed by atoms with E-state index in [0.29, 0.717) is 18.8 Å². The molecule has 0 radical (unpaired) electrons. The van der Waals surface area contributed by atoms with Gasteiger partial charge in [-0.25, -0.2) is 0 Å². The molecule has 9 nitrogen and oxygen atoms in total. The van der Waals surface area contributed by atoms with E-state index in [9.17, 15) is 24.9 Å². The quantitative estimate of drug-likeness (QED) is 0.173. The topological polar surface area (TPSA) is 157 Å². The molecular formula is C28H23N3O6. The van der Waals surface area contributed by atoms with Gasteiger partial charge in [0.2, 0.25) is 0 Å². The van der Waals surface area contributed by atoms with Crippen LogP contribution in [0.25, 0.3) is 0 Å². The first-order chi connectivity index (χ1) is 17.8. The number of allylic oxidation sites excluding steroid dienone is 2. The Balaban J connectivity index is 1.59. The van der Waals surface area contributed by atoms with E-state index in [1.165, 1.54) is 25.1 Å². The zero-order valence-electron chi connectivity index (χ0n) is 19.8. The summed E-state index contributed by atoms with van der Waals surface area (Å²) in [6.45, 7) is 2.39. The number of aliphatic hydroxyl groups excluding tert-OH is 2. The summed E-state index contributed by atoms with van der Waals surface area (Å²) >= 11 is 0. The molecule has 2 aliphatic carbocycles. The Hall–Kier alpha value is -4.12. The zero-order valence-corrected chi connectivity index (χ0v) is 19.8. The summed E-state index contributed by atoms with van der Waals surface area (Å²) in [6.07, 6.45) is 0.463. The lowest BCUT2D eigenvalue weighted by Crippen LogP contribution is -2.54. The van der Waals surface area contributed by atoms with Crippen LogP contribution in [0.2, 0.25) is 0 Å². The fraction of sp³-hybridized carbons (Fsp3) is 0.286. The van der Waals surface area contributed by atoms with Gasteiger partial charge in [-0.05, 0) is 43.3 Å². The van der Waals surface area contributed by atoms with Gasteiger partial charge < -0.3 is 36.4 Å². The molecule has 4 aliphatic rings. The molecule has 0 saturated carbocycles. The number of aromatic hydroxyl groups is 1. The van der Waals surface area contributed by atoms with Gasteiger partial charge in [0.1, 0.15) is 11.8 Å². The minimum absolute atomic E-state index is 0.0382. The average Bonchev–Trinajstić information content (AvgIpc) is 3.61. The second-order valence-electron chi connectivity index (χ2n) is 9.40. The highest BCUT2D eigenvalue weighted by Crippen LogP contribution is 2.67. The number of aliphatic hydroxyl groups is 2. The Morgan fingerprint density at radius 1 is 1.14 bits per heavy atom. The predicted molar refractivity (Wildman–Crippen MR) is 134 cm³/mol. The fourth-order valence-electron chi connectivity index (χ4n) is 5.77. The highest BCUT2D eigenvalue weighted by molar-refractivity contribution is 6.31. The highest BCUT2D eigenvalue weighted by atomic mass is 16.7. The van der Waals surface area contributed by atoms with Crippen molar-refractivity contribution in [2.45, 2.75) is 36.4 Å². The summed E-state index contributed by atoms with van der Waals surface area (Å²) in [7, 11) is 0. The van der Waals surface area contributed by atoms with E-state index >= 15 is 0 Å². The number of phenols is 1. The molecule has 5 unspecified atom stereocenters. The van der Waals surface area contributed by atoms with Crippen molar-refractivity contribution in [3.8, 4) is 29.4 Å². The van der Waals surface area contributed by atoms with Crippen LogP contribution in [0, 0.1) is 23.7 Å². The summed E-state index contributed by atoms with van der Waals surface area (Å²) in [4.78, 5) is 27.5. The normalized spacial score (nSPS) is 28.5. The predicted octanol–water partition coefficient (Wildman–Crippen LogP) is 0.615. The van der Waals surface area contributed by atoms with Crippen molar-refractivity contribution < 1.29 is 29.6 Å². The highest BCUT2D eigenvalue weighted by Gasteiger charge is 2.82. The number of epoxide rings is 1. The molecule has 1 fully saturated rings. The molecule has 2 aliphatic heterocycles. The number of anilines is 2. The van der Waals surface area contributed by atoms with E-state index in [1.54, 1.807) is 18.2 Å². The molecule has 5 atom stereocenters. The van der Waals surface area contributed by atoms with Crippen molar-refractivity contribution in [1.29, 1.82) is 0 Å². The van der Waals surface area contributed by atoms with Crippen LogP contribution in [0.15, 0.2) is 36.4 Å². The summed E-state index contributed by atoms with van der Waals surface area (Å²) < 4.78 is 6.16. The number of ether oxygens (including phenoxy) is 1. The van der Waals surface area contributed by atoms with Gasteiger partial charge in [0.15, 0.2) is 28.9 Å². The number of hydrogen-bond donors (Lipinski definition) is 6. The lowest BCUT2D eigenvalue weighted by molar-refractivity contribution is 0.0867. The molecule has 2 bridgehead atoms. The maximum atomic E-state index is 13.8. The molecule has 2 heterocycles. The van der Waals surface area contributed by atoms with Gasteiger partial charge >= 0.3 is 0 Å². The van der Waals surface area contributed by atoms with Gasteiger partial charge in [0.05, 0.1) is 22.9 Å². The van der Waals surface area contributed by atoms with E-state index in [-0.39, 0.29) is 33.5 Å². The number of carbonyl (C=O) groups excluding carboxylic acids is 2. The number of carbonyl (C=O) groups is 2. The minimum Gasteiger partial charge on any atom is -0.507 e. The molecule has 37 heavy (non-hydrogen) atoms. The number of nitrogens with one attached hydrogen (secondary N) is 2. The van der Waals surface area contributed by atoms with Gasteiger partial charge in [-0.3, -0.25) is 9.59 Å². The third-order valence-corrected chi connectivity index (χ3v) is 7.43. The SMILES string of the molecule is CC(O)C12OC13c1cc(O)c4c(c1NC2C#CC=CC#CC3O)C(=O)c1ccc(NCCN)cc1C4=O. The van der Waals surface area contributed by atoms with Crippen LogP contribution in [0.3, 0.4) is 0 Å². The Kier molecular flexibility index (Phi) is 5.00. The summed E-state index contributed by atoms with van der Waals surface area (Å²) in [5, 5.41) is 39.4. The van der Waals surface area contributed by atoms with Crippen LogP contribution in [0.1, 0.15) is 44.3 Å². The van der Waals surface area contributed by atoms with Crippen LogP contribution >= 0.6 is 0 Å². The molecule has 0 spiro atoms. The number of phenolic OH excluding ortho intramolecular Hbond substituents is 1. The van der Waals surface area contributed by atoms with Crippen molar-refractivity contribution in [1.82, 2.24) is 0 Å². The van der Waals surface area contributed by atoms with Crippen molar-refractivity contribution in [3.63, 3.8) is 0 Å². The second-order valence-corrected chi connectivity index (χ2v) is 9.40. The van der Waals surface area contributed by atoms with Crippen molar-refractivity contribution in [3.05, 3.63) is 64.2 Å². The van der Waals surface area contributed by atoms with Crippen LogP contribution in [0.4, 0.5) is 11.4 Å². The molecule has 0 aromatic heterocycles. The summed E-state index contributed by atoms with van der Waals surface area (Å²) in [5.41, 5.74) is 3.75. The van der Waals surface area contributed by atoms with Gasteiger partial charge in [0.25, 0.3) is 0 Å². The molecule has 0 amide bonds. The maximum Gasteiger partial charge on any atom is 0.198 e. The lowest BCUT2D eigenvalue weighted by Gasteiger charge is -2.37. The number of fused-ring (bicyclic) bond motifs is 4. The second kappa shape index (κ2) is 7.94. The third kappa shape index (κ3) is 2.91. The van der Waals surface area contributed by atoms with Crippen LogP contribution in [0.5, 0.6) is 5.75 Å². The zero-order chi connectivity index (χ0) is 26.1. The Morgan fingerprint density at radius 3 is 2.59 bits per heavy atom. The van der Waals surface area contributed by atoms with E-state index in [0.717, 1.165) is 0 Å². The number of nitrogens with two attached hydrogens (primary N) is 1. The van der Waals surface area contributed by atoms with Gasteiger partial charge in [-0.1, -0.05) is 23.7 Å².